The van der Waals surface area contributed by atoms with E-state index in [4.69, 9.17) is 20.1 Å². The summed E-state index contributed by atoms with van der Waals surface area (Å²) in [7, 11) is 0. The zero-order chi connectivity index (χ0) is 9.40. The number of aliphatic hydroxyl groups is 1. The van der Waals surface area contributed by atoms with Crippen molar-refractivity contribution in [1.82, 2.24) is 0 Å². The van der Waals surface area contributed by atoms with Crippen molar-refractivity contribution in [1.29, 1.82) is 0 Å². The van der Waals surface area contributed by atoms with Crippen LogP contribution in [0.3, 0.4) is 0 Å². The molecule has 1 rings (SSSR count). The molecule has 5 heteroatoms. The molecule has 1 aromatic carbocycles. The van der Waals surface area contributed by atoms with Gasteiger partial charge in [0, 0.05) is 0 Å². The van der Waals surface area contributed by atoms with Gasteiger partial charge in [0.05, 0.1) is 6.61 Å². The molecule has 0 aromatic heterocycles. The SMILES string of the molecule is O=C(O)O.OCc1ccccc1.[H-].[K+]. The molecule has 68 valence electrons. The van der Waals surface area contributed by atoms with Crippen LogP contribution < -0.4 is 51.4 Å². The second-order valence-corrected chi connectivity index (χ2v) is 1.93. The molecule has 0 bridgehead atoms. The minimum Gasteiger partial charge on any atom is -1.00 e. The fourth-order valence-electron chi connectivity index (χ4n) is 0.583. The van der Waals surface area contributed by atoms with E-state index in [1.807, 2.05) is 30.3 Å². The van der Waals surface area contributed by atoms with E-state index in [-0.39, 0.29) is 59.4 Å². The summed E-state index contributed by atoms with van der Waals surface area (Å²) in [5.41, 5.74) is 0.965. The van der Waals surface area contributed by atoms with E-state index in [1.165, 1.54) is 0 Å². The Morgan fingerprint density at radius 3 is 1.85 bits per heavy atom. The van der Waals surface area contributed by atoms with Crippen LogP contribution in [-0.4, -0.2) is 21.5 Å². The van der Waals surface area contributed by atoms with Crippen LogP contribution in [0.1, 0.15) is 6.99 Å². The van der Waals surface area contributed by atoms with Crippen molar-refractivity contribution in [3.05, 3.63) is 35.9 Å². The van der Waals surface area contributed by atoms with Crippen LogP contribution in [0.25, 0.3) is 0 Å². The largest absolute Gasteiger partial charge is 1.00 e. The summed E-state index contributed by atoms with van der Waals surface area (Å²) in [6.07, 6.45) is -1.83. The number of rotatable bonds is 1. The van der Waals surface area contributed by atoms with E-state index in [0.717, 1.165) is 5.56 Å². The molecule has 0 atom stereocenters. The second-order valence-electron chi connectivity index (χ2n) is 1.93. The first-order valence-corrected chi connectivity index (χ1v) is 3.23. The third kappa shape index (κ3) is 12.1. The van der Waals surface area contributed by atoms with E-state index in [1.54, 1.807) is 0 Å². The Bertz CT molecular complexity index is 226. The average molecular weight is 210 g/mol. The molecule has 1 aromatic rings. The van der Waals surface area contributed by atoms with Crippen LogP contribution in [0.15, 0.2) is 30.3 Å². The van der Waals surface area contributed by atoms with Crippen LogP contribution in [0.4, 0.5) is 4.79 Å². The first kappa shape index (κ1) is 15.6. The predicted octanol–water partition coefficient (Wildman–Crippen LogP) is -1.48. The molecule has 0 heterocycles. The molecular formula is C8H11KO4. The summed E-state index contributed by atoms with van der Waals surface area (Å²) in [6.45, 7) is 0.140. The van der Waals surface area contributed by atoms with E-state index in [2.05, 4.69) is 0 Å². The van der Waals surface area contributed by atoms with Crippen molar-refractivity contribution < 1.29 is 72.9 Å². The minimum absolute atomic E-state index is 0. The molecule has 0 aliphatic carbocycles. The minimum atomic E-state index is -1.83. The molecule has 13 heavy (non-hydrogen) atoms. The van der Waals surface area contributed by atoms with E-state index < -0.39 is 6.16 Å². The fourth-order valence-corrected chi connectivity index (χ4v) is 0.583. The van der Waals surface area contributed by atoms with Crippen molar-refractivity contribution in [2.75, 3.05) is 0 Å². The molecule has 0 aliphatic rings. The van der Waals surface area contributed by atoms with Gasteiger partial charge in [-0.25, -0.2) is 4.79 Å². The number of hydrogen-bond acceptors (Lipinski definition) is 2. The van der Waals surface area contributed by atoms with E-state index in [0.29, 0.717) is 0 Å². The van der Waals surface area contributed by atoms with Gasteiger partial charge in [-0.05, 0) is 5.56 Å². The molecule has 0 unspecified atom stereocenters. The van der Waals surface area contributed by atoms with Crippen molar-refractivity contribution in [2.24, 2.45) is 0 Å². The summed E-state index contributed by atoms with van der Waals surface area (Å²) in [5, 5.41) is 22.5. The third-order valence-corrected chi connectivity index (χ3v) is 1.03. The van der Waals surface area contributed by atoms with Gasteiger partial charge in [-0.3, -0.25) is 0 Å². The molecule has 4 nitrogen and oxygen atoms in total. The first-order chi connectivity index (χ1) is 5.66. The van der Waals surface area contributed by atoms with Crippen LogP contribution >= 0.6 is 0 Å². The molecular weight excluding hydrogens is 199 g/mol. The number of aliphatic hydroxyl groups excluding tert-OH is 1. The Kier molecular flexibility index (Phi) is 12.2. The van der Waals surface area contributed by atoms with Gasteiger partial charge in [-0.2, -0.15) is 0 Å². The Balaban J connectivity index is -0.000000180. The Labute approximate surface area is 120 Å². The number of carboxylic acid groups (broad SMARTS) is 2. The molecule has 0 saturated carbocycles. The molecule has 0 radical (unpaired) electrons. The van der Waals surface area contributed by atoms with Crippen molar-refractivity contribution in [3.8, 4) is 0 Å². The van der Waals surface area contributed by atoms with Crippen molar-refractivity contribution >= 4 is 6.16 Å². The van der Waals surface area contributed by atoms with Gasteiger partial charge in [-0.15, -0.1) is 0 Å². The van der Waals surface area contributed by atoms with Gasteiger partial charge < -0.3 is 16.7 Å². The van der Waals surface area contributed by atoms with Gasteiger partial charge in [-0.1, -0.05) is 30.3 Å². The maximum absolute atomic E-state index is 8.56. The molecule has 0 amide bonds. The third-order valence-electron chi connectivity index (χ3n) is 1.03. The van der Waals surface area contributed by atoms with Gasteiger partial charge in [0.25, 0.3) is 0 Å². The smallest absolute Gasteiger partial charge is 1.00 e. The summed E-state index contributed by atoms with van der Waals surface area (Å²) in [4.78, 5) is 8.56. The van der Waals surface area contributed by atoms with Crippen LogP contribution in [0.5, 0.6) is 0 Å². The topological polar surface area (TPSA) is 77.8 Å². The zero-order valence-corrected chi connectivity index (χ0v) is 10.5. The maximum atomic E-state index is 8.56. The summed E-state index contributed by atoms with van der Waals surface area (Å²) in [6, 6.07) is 9.52. The van der Waals surface area contributed by atoms with E-state index in [9.17, 15) is 0 Å². The Morgan fingerprint density at radius 2 is 1.62 bits per heavy atom. The van der Waals surface area contributed by atoms with Gasteiger partial charge in [0.2, 0.25) is 0 Å². The normalized spacial score (nSPS) is 7.46. The number of carbonyl (C=O) groups is 1. The molecule has 0 fully saturated rings. The predicted molar refractivity (Wildman–Crippen MR) is 44.1 cm³/mol. The molecule has 3 N–H and O–H groups in total. The van der Waals surface area contributed by atoms with Crippen LogP contribution in [0.2, 0.25) is 0 Å². The Hall–Kier alpha value is 0.0864. The summed E-state index contributed by atoms with van der Waals surface area (Å²) in [5.74, 6) is 0. The molecule has 0 saturated heterocycles. The Morgan fingerprint density at radius 1 is 1.23 bits per heavy atom. The van der Waals surface area contributed by atoms with E-state index >= 15 is 0 Å². The number of benzene rings is 1. The summed E-state index contributed by atoms with van der Waals surface area (Å²) < 4.78 is 0. The van der Waals surface area contributed by atoms with Gasteiger partial charge in [0.15, 0.2) is 0 Å². The number of hydrogen-bond donors (Lipinski definition) is 3. The standard InChI is InChI=1S/C7H8O.CH2O3.K.H/c8-6-7-4-2-1-3-5-7;2-1(3)4;;/h1-5,8H,6H2;(H2,2,3,4);;/q;;+1;-1. The molecule has 0 aliphatic heterocycles. The van der Waals surface area contributed by atoms with Gasteiger partial charge in [0.1, 0.15) is 0 Å². The summed E-state index contributed by atoms with van der Waals surface area (Å²) >= 11 is 0. The average Bonchev–Trinajstić information content (AvgIpc) is 2.05. The quantitative estimate of drug-likeness (QED) is 0.494. The second kappa shape index (κ2) is 10.2. The molecule has 0 spiro atoms. The fraction of sp³-hybridized carbons (Fsp3) is 0.125. The zero-order valence-electron chi connectivity index (χ0n) is 8.34. The van der Waals surface area contributed by atoms with Crippen LogP contribution in [-0.2, 0) is 6.61 Å². The monoisotopic (exact) mass is 210 g/mol. The first-order valence-electron chi connectivity index (χ1n) is 3.23. The maximum Gasteiger partial charge on any atom is 1.00 e. The van der Waals surface area contributed by atoms with Crippen LogP contribution in [0, 0.1) is 0 Å². The van der Waals surface area contributed by atoms with Gasteiger partial charge >= 0.3 is 57.5 Å². The van der Waals surface area contributed by atoms with Crippen molar-refractivity contribution in [2.45, 2.75) is 6.61 Å². The van der Waals surface area contributed by atoms with Crippen molar-refractivity contribution in [3.63, 3.8) is 0 Å².